The fraction of sp³-hybridized carbons (Fsp3) is 0.421. The standard InChI is InChI=1S/C19H20Cl3N3O4/c1-2-28-17(26)9-12-4-3-5-14(8-12)25-16(10-15(24-25)13-6-7-13)23-18(27)29-11-19(20,21)22/h3-5,8,10,13H,2,6-7,9,11H2,1H3,(H,23,27). The summed E-state index contributed by atoms with van der Waals surface area (Å²) in [5.74, 6) is 0.489. The summed E-state index contributed by atoms with van der Waals surface area (Å²) in [5.41, 5.74) is 2.34. The molecular formula is C19H20Cl3N3O4. The lowest BCUT2D eigenvalue weighted by Gasteiger charge is -2.13. The van der Waals surface area contributed by atoms with Crippen LogP contribution in [0.3, 0.4) is 0 Å². The maximum absolute atomic E-state index is 12.1. The number of benzene rings is 1. The van der Waals surface area contributed by atoms with Crippen LogP contribution in [0.2, 0.25) is 0 Å². The third-order valence-corrected chi connectivity index (χ3v) is 4.46. The van der Waals surface area contributed by atoms with Gasteiger partial charge in [-0.2, -0.15) is 5.10 Å². The van der Waals surface area contributed by atoms with E-state index in [0.29, 0.717) is 24.0 Å². The summed E-state index contributed by atoms with van der Waals surface area (Å²) < 4.78 is 9.84. The van der Waals surface area contributed by atoms with E-state index in [1.165, 1.54) is 0 Å². The molecular weight excluding hydrogens is 441 g/mol. The van der Waals surface area contributed by atoms with Gasteiger partial charge in [0.2, 0.25) is 3.79 Å². The van der Waals surface area contributed by atoms with Gasteiger partial charge < -0.3 is 9.47 Å². The van der Waals surface area contributed by atoms with Gasteiger partial charge in [0.15, 0.2) is 0 Å². The largest absolute Gasteiger partial charge is 0.466 e. The first-order chi connectivity index (χ1) is 13.7. The molecule has 29 heavy (non-hydrogen) atoms. The summed E-state index contributed by atoms with van der Waals surface area (Å²) in [6.07, 6.45) is 1.49. The number of halogens is 3. The maximum atomic E-state index is 12.1. The lowest BCUT2D eigenvalue weighted by atomic mass is 10.1. The van der Waals surface area contributed by atoms with E-state index in [1.807, 2.05) is 24.3 Å². The number of nitrogens with one attached hydrogen (secondary N) is 1. The number of alkyl halides is 3. The Hall–Kier alpha value is -1.96. The molecule has 1 heterocycles. The molecule has 3 rings (SSSR count). The lowest BCUT2D eigenvalue weighted by molar-refractivity contribution is -0.142. The molecule has 0 aliphatic heterocycles. The molecule has 156 valence electrons. The highest BCUT2D eigenvalue weighted by Crippen LogP contribution is 2.40. The lowest BCUT2D eigenvalue weighted by Crippen LogP contribution is -2.22. The number of nitrogens with zero attached hydrogens (tertiary/aromatic N) is 2. The van der Waals surface area contributed by atoms with Crippen molar-refractivity contribution >= 4 is 52.7 Å². The van der Waals surface area contributed by atoms with Gasteiger partial charge in [0, 0.05) is 12.0 Å². The van der Waals surface area contributed by atoms with E-state index in [2.05, 4.69) is 10.4 Å². The van der Waals surface area contributed by atoms with Crippen LogP contribution in [0.25, 0.3) is 5.69 Å². The van der Waals surface area contributed by atoms with Gasteiger partial charge in [-0.3, -0.25) is 10.1 Å². The SMILES string of the molecule is CCOC(=O)Cc1cccc(-n2nc(C3CC3)cc2NC(=O)OCC(Cl)(Cl)Cl)c1. The van der Waals surface area contributed by atoms with Crippen molar-refractivity contribution in [2.24, 2.45) is 0 Å². The Morgan fingerprint density at radius 1 is 1.24 bits per heavy atom. The minimum absolute atomic E-state index is 0.145. The van der Waals surface area contributed by atoms with Crippen molar-refractivity contribution in [3.05, 3.63) is 41.6 Å². The van der Waals surface area contributed by atoms with Gasteiger partial charge in [-0.25, -0.2) is 9.48 Å². The minimum atomic E-state index is -1.70. The summed E-state index contributed by atoms with van der Waals surface area (Å²) in [6, 6.07) is 9.09. The predicted molar refractivity (Wildman–Crippen MR) is 111 cm³/mol. The molecule has 1 aliphatic rings. The predicted octanol–water partition coefficient (Wildman–Crippen LogP) is 4.77. The third-order valence-electron chi connectivity index (χ3n) is 4.13. The highest BCUT2D eigenvalue weighted by atomic mass is 35.6. The summed E-state index contributed by atoms with van der Waals surface area (Å²) in [7, 11) is 0. The van der Waals surface area contributed by atoms with Crippen molar-refractivity contribution < 1.29 is 19.1 Å². The number of carbonyl (C=O) groups excluding carboxylic acids is 2. The molecule has 2 aromatic rings. The van der Waals surface area contributed by atoms with Gasteiger partial charge in [-0.15, -0.1) is 0 Å². The van der Waals surface area contributed by atoms with Crippen LogP contribution >= 0.6 is 34.8 Å². The van der Waals surface area contributed by atoms with Crippen LogP contribution in [0.5, 0.6) is 0 Å². The van der Waals surface area contributed by atoms with E-state index in [9.17, 15) is 9.59 Å². The van der Waals surface area contributed by atoms with Crippen LogP contribution in [-0.2, 0) is 20.7 Å². The van der Waals surface area contributed by atoms with E-state index < -0.39 is 9.89 Å². The normalized spacial score (nSPS) is 13.8. The first kappa shape index (κ1) is 21.7. The zero-order valence-electron chi connectivity index (χ0n) is 15.7. The van der Waals surface area contributed by atoms with Crippen LogP contribution in [0.1, 0.15) is 36.9 Å². The van der Waals surface area contributed by atoms with Crippen molar-refractivity contribution in [3.8, 4) is 5.69 Å². The molecule has 0 bridgehead atoms. The Kier molecular flexibility index (Phi) is 6.93. The molecule has 10 heteroatoms. The van der Waals surface area contributed by atoms with Crippen LogP contribution in [0.4, 0.5) is 10.6 Å². The first-order valence-corrected chi connectivity index (χ1v) is 10.2. The van der Waals surface area contributed by atoms with Crippen molar-refractivity contribution in [1.29, 1.82) is 0 Å². The fourth-order valence-corrected chi connectivity index (χ4v) is 2.89. The zero-order chi connectivity index (χ0) is 21.0. The maximum Gasteiger partial charge on any atom is 0.412 e. The smallest absolute Gasteiger partial charge is 0.412 e. The molecule has 1 N–H and O–H groups in total. The Labute approximate surface area is 183 Å². The Morgan fingerprint density at radius 2 is 2.00 bits per heavy atom. The van der Waals surface area contributed by atoms with Crippen LogP contribution in [-0.4, -0.2) is 38.8 Å². The van der Waals surface area contributed by atoms with Crippen molar-refractivity contribution in [3.63, 3.8) is 0 Å². The number of hydrogen-bond acceptors (Lipinski definition) is 5. The van der Waals surface area contributed by atoms with Crippen molar-refractivity contribution in [2.75, 3.05) is 18.5 Å². The second kappa shape index (κ2) is 9.24. The number of amides is 1. The number of hydrogen-bond donors (Lipinski definition) is 1. The van der Waals surface area contributed by atoms with Gasteiger partial charge in [0.25, 0.3) is 0 Å². The summed E-state index contributed by atoms with van der Waals surface area (Å²) in [6.45, 7) is 1.70. The third kappa shape index (κ3) is 6.52. The van der Waals surface area contributed by atoms with Crippen molar-refractivity contribution in [1.82, 2.24) is 9.78 Å². The molecule has 1 saturated carbocycles. The number of rotatable bonds is 7. The number of esters is 1. The molecule has 1 aliphatic carbocycles. The Balaban J connectivity index is 1.81. The molecule has 0 atom stereocenters. The highest BCUT2D eigenvalue weighted by molar-refractivity contribution is 6.67. The van der Waals surface area contributed by atoms with Crippen LogP contribution < -0.4 is 5.32 Å². The highest BCUT2D eigenvalue weighted by Gasteiger charge is 2.28. The van der Waals surface area contributed by atoms with Gasteiger partial charge >= 0.3 is 12.1 Å². The van der Waals surface area contributed by atoms with Crippen LogP contribution in [0.15, 0.2) is 30.3 Å². The summed E-state index contributed by atoms with van der Waals surface area (Å²) in [4.78, 5) is 23.9. The molecule has 1 fully saturated rings. The summed E-state index contributed by atoms with van der Waals surface area (Å²) in [5, 5.41) is 7.25. The molecule has 0 spiro atoms. The molecule has 1 aromatic carbocycles. The molecule has 0 unspecified atom stereocenters. The number of anilines is 1. The number of aromatic nitrogens is 2. The number of ether oxygens (including phenoxy) is 2. The van der Waals surface area contributed by atoms with E-state index in [0.717, 1.165) is 24.1 Å². The average molecular weight is 461 g/mol. The molecule has 7 nitrogen and oxygen atoms in total. The number of carbonyl (C=O) groups is 2. The van der Waals surface area contributed by atoms with E-state index >= 15 is 0 Å². The van der Waals surface area contributed by atoms with Crippen LogP contribution in [0, 0.1) is 0 Å². The van der Waals surface area contributed by atoms with E-state index in [1.54, 1.807) is 17.7 Å². The molecule has 1 amide bonds. The topological polar surface area (TPSA) is 82.5 Å². The minimum Gasteiger partial charge on any atom is -0.466 e. The quantitative estimate of drug-likeness (QED) is 0.475. The van der Waals surface area contributed by atoms with Gasteiger partial charge in [-0.1, -0.05) is 46.9 Å². The summed E-state index contributed by atoms with van der Waals surface area (Å²) >= 11 is 16.8. The molecule has 0 saturated heterocycles. The Bertz CT molecular complexity index is 891. The molecule has 1 aromatic heterocycles. The van der Waals surface area contributed by atoms with Gasteiger partial charge in [0.05, 0.1) is 24.4 Å². The van der Waals surface area contributed by atoms with E-state index in [4.69, 9.17) is 44.3 Å². The van der Waals surface area contributed by atoms with Gasteiger partial charge in [0.1, 0.15) is 12.4 Å². The monoisotopic (exact) mass is 459 g/mol. The zero-order valence-corrected chi connectivity index (χ0v) is 17.9. The fourth-order valence-electron chi connectivity index (χ4n) is 2.73. The van der Waals surface area contributed by atoms with Gasteiger partial charge in [-0.05, 0) is 37.5 Å². The first-order valence-electron chi connectivity index (χ1n) is 9.10. The van der Waals surface area contributed by atoms with Crippen molar-refractivity contribution in [2.45, 2.75) is 35.9 Å². The second-order valence-corrected chi connectivity index (χ2v) is 9.12. The molecule has 0 radical (unpaired) electrons. The Morgan fingerprint density at radius 3 is 2.66 bits per heavy atom. The average Bonchev–Trinajstić information content (AvgIpc) is 3.41. The second-order valence-electron chi connectivity index (χ2n) is 6.61. The van der Waals surface area contributed by atoms with E-state index in [-0.39, 0.29) is 19.0 Å².